The Morgan fingerprint density at radius 1 is 1.10 bits per heavy atom. The van der Waals surface area contributed by atoms with Gasteiger partial charge in [-0.2, -0.15) is 4.31 Å². The summed E-state index contributed by atoms with van der Waals surface area (Å²) in [6.45, 7) is 6.36. The first-order chi connectivity index (χ1) is 14.2. The summed E-state index contributed by atoms with van der Waals surface area (Å²) in [5.74, 6) is -0.722. The van der Waals surface area contributed by atoms with Gasteiger partial charge in [-0.1, -0.05) is 15.9 Å². The van der Waals surface area contributed by atoms with Gasteiger partial charge in [0.15, 0.2) is 0 Å². The number of amides is 1. The van der Waals surface area contributed by atoms with Crippen LogP contribution >= 0.6 is 15.9 Å². The molecule has 0 radical (unpaired) electrons. The quantitative estimate of drug-likeness (QED) is 0.640. The summed E-state index contributed by atoms with van der Waals surface area (Å²) in [6, 6.07) is 6.48. The van der Waals surface area contributed by atoms with Gasteiger partial charge in [0, 0.05) is 36.3 Å². The van der Waals surface area contributed by atoms with Crippen molar-refractivity contribution in [3.8, 4) is 0 Å². The molecule has 1 aliphatic heterocycles. The number of aryl methyl sites for hydroxylation is 1. The van der Waals surface area contributed by atoms with Gasteiger partial charge in [-0.3, -0.25) is 4.79 Å². The van der Waals surface area contributed by atoms with Crippen molar-refractivity contribution in [3.63, 3.8) is 0 Å². The van der Waals surface area contributed by atoms with Crippen molar-refractivity contribution in [1.29, 1.82) is 0 Å². The Bertz CT molecular complexity index is 1050. The number of carbonyl (C=O) groups excluding carboxylic acids is 2. The number of ether oxygens (including phenoxy) is 1. The second kappa shape index (κ2) is 8.91. The van der Waals surface area contributed by atoms with Crippen LogP contribution in [-0.2, 0) is 14.8 Å². The summed E-state index contributed by atoms with van der Waals surface area (Å²) in [7, 11) is -3.62. The van der Waals surface area contributed by atoms with Gasteiger partial charge in [0.1, 0.15) is 5.69 Å². The van der Waals surface area contributed by atoms with E-state index < -0.39 is 16.0 Å². The molecule has 0 saturated carbocycles. The van der Waals surface area contributed by atoms with Gasteiger partial charge in [-0.15, -0.1) is 0 Å². The number of hydrogen-bond donors (Lipinski definition) is 1. The van der Waals surface area contributed by atoms with Crippen molar-refractivity contribution < 1.29 is 22.7 Å². The van der Waals surface area contributed by atoms with E-state index in [0.717, 1.165) is 4.47 Å². The molecule has 0 aliphatic carbocycles. The molecule has 1 aliphatic rings. The number of carbonyl (C=O) groups is 2. The largest absolute Gasteiger partial charge is 0.461 e. The normalized spacial score (nSPS) is 15.3. The fourth-order valence-electron chi connectivity index (χ4n) is 3.52. The van der Waals surface area contributed by atoms with E-state index in [4.69, 9.17) is 4.74 Å². The highest BCUT2D eigenvalue weighted by atomic mass is 79.9. The molecule has 0 bridgehead atoms. The maximum absolute atomic E-state index is 13.1. The lowest BCUT2D eigenvalue weighted by Gasteiger charge is -2.34. The number of nitrogens with one attached hydrogen (secondary N) is 1. The van der Waals surface area contributed by atoms with E-state index in [-0.39, 0.29) is 49.3 Å². The van der Waals surface area contributed by atoms with Crippen LogP contribution < -0.4 is 0 Å². The van der Waals surface area contributed by atoms with Crippen LogP contribution in [-0.4, -0.2) is 67.3 Å². The molecule has 0 atom stereocenters. The number of nitrogens with zero attached hydrogens (tertiary/aromatic N) is 2. The third-order valence-electron chi connectivity index (χ3n) is 5.11. The molecular formula is C20H24BrN3O5S. The average Bonchev–Trinajstić information content (AvgIpc) is 3.02. The summed E-state index contributed by atoms with van der Waals surface area (Å²) in [5.41, 5.74) is 1.84. The van der Waals surface area contributed by atoms with Crippen molar-refractivity contribution in [2.75, 3.05) is 32.8 Å². The predicted octanol–water partition coefficient (Wildman–Crippen LogP) is 2.72. The van der Waals surface area contributed by atoms with E-state index in [1.165, 1.54) is 4.31 Å². The number of piperazine rings is 1. The lowest BCUT2D eigenvalue weighted by molar-refractivity contribution is 0.0519. The summed E-state index contributed by atoms with van der Waals surface area (Å²) in [4.78, 5) is 29.9. The van der Waals surface area contributed by atoms with Gasteiger partial charge in [0.2, 0.25) is 10.0 Å². The molecule has 1 amide bonds. The van der Waals surface area contributed by atoms with Gasteiger partial charge in [0.25, 0.3) is 5.91 Å². The molecule has 3 rings (SSSR count). The lowest BCUT2D eigenvalue weighted by Crippen LogP contribution is -2.50. The fraction of sp³-hybridized carbons (Fsp3) is 0.400. The Hall–Kier alpha value is -2.17. The number of halogens is 1. The molecule has 30 heavy (non-hydrogen) atoms. The molecular weight excluding hydrogens is 474 g/mol. The average molecular weight is 498 g/mol. The number of rotatable bonds is 5. The first-order valence-electron chi connectivity index (χ1n) is 9.58. The van der Waals surface area contributed by atoms with E-state index in [2.05, 4.69) is 20.9 Å². The summed E-state index contributed by atoms with van der Waals surface area (Å²) >= 11 is 3.30. The van der Waals surface area contributed by atoms with Crippen molar-refractivity contribution in [3.05, 3.63) is 51.3 Å². The molecule has 1 aromatic carbocycles. The standard InChI is InChI=1S/C20H24BrN3O5S/c1-4-29-20(26)18-13(2)17(14(3)22-18)19(25)23-9-11-24(12-10-23)30(27,28)16-7-5-15(21)6-8-16/h5-8,22H,4,9-12H2,1-3H3. The highest BCUT2D eigenvalue weighted by Crippen LogP contribution is 2.23. The fourth-order valence-corrected chi connectivity index (χ4v) is 5.21. The molecule has 1 saturated heterocycles. The van der Waals surface area contributed by atoms with Crippen LogP contribution in [0.2, 0.25) is 0 Å². The zero-order valence-electron chi connectivity index (χ0n) is 17.1. The Morgan fingerprint density at radius 2 is 1.70 bits per heavy atom. The minimum atomic E-state index is -3.62. The molecule has 1 aromatic heterocycles. The van der Waals surface area contributed by atoms with Crippen molar-refractivity contribution in [1.82, 2.24) is 14.2 Å². The summed E-state index contributed by atoms with van der Waals surface area (Å²) < 4.78 is 32.9. The van der Waals surface area contributed by atoms with Crippen LogP contribution in [0, 0.1) is 13.8 Å². The predicted molar refractivity (Wildman–Crippen MR) is 115 cm³/mol. The zero-order valence-corrected chi connectivity index (χ0v) is 19.5. The van der Waals surface area contributed by atoms with E-state index in [0.29, 0.717) is 16.8 Å². The van der Waals surface area contributed by atoms with Crippen molar-refractivity contribution in [2.24, 2.45) is 0 Å². The highest BCUT2D eigenvalue weighted by molar-refractivity contribution is 9.10. The first kappa shape index (κ1) is 22.5. The van der Waals surface area contributed by atoms with Crippen LogP contribution in [0.5, 0.6) is 0 Å². The Labute approximate surface area is 184 Å². The molecule has 162 valence electrons. The second-order valence-corrected chi connectivity index (χ2v) is 9.85. The Morgan fingerprint density at radius 3 is 2.27 bits per heavy atom. The van der Waals surface area contributed by atoms with Gasteiger partial charge < -0.3 is 14.6 Å². The molecule has 2 heterocycles. The monoisotopic (exact) mass is 497 g/mol. The summed E-state index contributed by atoms with van der Waals surface area (Å²) in [5, 5.41) is 0. The van der Waals surface area contributed by atoms with E-state index in [9.17, 15) is 18.0 Å². The Balaban J connectivity index is 1.73. The minimum absolute atomic E-state index is 0.206. The number of H-pyrrole nitrogens is 1. The van der Waals surface area contributed by atoms with Crippen LogP contribution in [0.3, 0.4) is 0 Å². The highest BCUT2D eigenvalue weighted by Gasteiger charge is 2.32. The third kappa shape index (κ3) is 4.30. The van der Waals surface area contributed by atoms with Crippen LogP contribution in [0.25, 0.3) is 0 Å². The molecule has 1 fully saturated rings. The van der Waals surface area contributed by atoms with Gasteiger partial charge in [-0.25, -0.2) is 13.2 Å². The van der Waals surface area contributed by atoms with Crippen LogP contribution in [0.15, 0.2) is 33.6 Å². The lowest BCUT2D eigenvalue weighted by atomic mass is 10.1. The van der Waals surface area contributed by atoms with Crippen molar-refractivity contribution in [2.45, 2.75) is 25.7 Å². The van der Waals surface area contributed by atoms with Crippen LogP contribution in [0.4, 0.5) is 0 Å². The molecule has 0 spiro atoms. The number of aromatic nitrogens is 1. The maximum Gasteiger partial charge on any atom is 0.355 e. The first-order valence-corrected chi connectivity index (χ1v) is 11.8. The van der Waals surface area contributed by atoms with E-state index in [1.54, 1.807) is 49.9 Å². The third-order valence-corrected chi connectivity index (χ3v) is 7.55. The molecule has 1 N–H and O–H groups in total. The number of hydrogen-bond acceptors (Lipinski definition) is 5. The van der Waals surface area contributed by atoms with Gasteiger partial charge in [-0.05, 0) is 50.6 Å². The molecule has 0 unspecified atom stereocenters. The summed E-state index contributed by atoms with van der Waals surface area (Å²) in [6.07, 6.45) is 0. The number of esters is 1. The molecule has 2 aromatic rings. The molecule has 8 nitrogen and oxygen atoms in total. The van der Waals surface area contributed by atoms with E-state index >= 15 is 0 Å². The number of aromatic amines is 1. The smallest absolute Gasteiger partial charge is 0.355 e. The number of sulfonamides is 1. The van der Waals surface area contributed by atoms with Crippen LogP contribution in [0.1, 0.15) is 39.0 Å². The molecule has 10 heteroatoms. The second-order valence-electron chi connectivity index (χ2n) is 7.00. The topological polar surface area (TPSA) is 99.8 Å². The number of benzene rings is 1. The zero-order chi connectivity index (χ0) is 22.1. The SMILES string of the molecule is CCOC(=O)c1[nH]c(C)c(C(=O)N2CCN(S(=O)(=O)c3ccc(Br)cc3)CC2)c1C. The minimum Gasteiger partial charge on any atom is -0.461 e. The van der Waals surface area contributed by atoms with Gasteiger partial charge >= 0.3 is 5.97 Å². The Kier molecular flexibility index (Phi) is 6.68. The maximum atomic E-state index is 13.1. The van der Waals surface area contributed by atoms with E-state index in [1.807, 2.05) is 0 Å². The van der Waals surface area contributed by atoms with Gasteiger partial charge in [0.05, 0.1) is 17.1 Å². The van der Waals surface area contributed by atoms with Crippen molar-refractivity contribution >= 4 is 37.8 Å².